The smallest absolute Gasteiger partial charge is 0.132 e. The summed E-state index contributed by atoms with van der Waals surface area (Å²) < 4.78 is 7.43. The second kappa shape index (κ2) is 5.98. The minimum absolute atomic E-state index is 0.447. The van der Waals surface area contributed by atoms with E-state index in [0.29, 0.717) is 0 Å². The molecule has 0 fully saturated rings. The molecule has 2 aliphatic heterocycles. The number of anilines is 2. The van der Waals surface area contributed by atoms with Gasteiger partial charge in [-0.15, -0.1) is 0 Å². The van der Waals surface area contributed by atoms with Gasteiger partial charge in [-0.25, -0.2) is 0 Å². The van der Waals surface area contributed by atoms with Crippen molar-refractivity contribution in [2.24, 2.45) is 0 Å². The molecular formula is C26H18BrNO. The van der Waals surface area contributed by atoms with Crippen molar-refractivity contribution in [1.82, 2.24) is 0 Å². The Bertz CT molecular complexity index is 1190. The first kappa shape index (κ1) is 16.9. The Morgan fingerprint density at radius 2 is 1.28 bits per heavy atom. The third-order valence-corrected chi connectivity index (χ3v) is 6.53. The SMILES string of the molecule is Cc1ccc2c(c1)C1(c3cc(Br)ccc3N2)c2ccccc2Oc2ccccc21. The van der Waals surface area contributed by atoms with Crippen LogP contribution in [0.5, 0.6) is 11.5 Å². The summed E-state index contributed by atoms with van der Waals surface area (Å²) >= 11 is 3.72. The van der Waals surface area contributed by atoms with E-state index in [1.54, 1.807) is 0 Å². The molecule has 2 heterocycles. The number of halogens is 1. The van der Waals surface area contributed by atoms with E-state index in [1.807, 2.05) is 12.1 Å². The number of fused-ring (bicyclic) bond motifs is 8. The van der Waals surface area contributed by atoms with E-state index in [4.69, 9.17) is 4.74 Å². The van der Waals surface area contributed by atoms with Gasteiger partial charge < -0.3 is 10.1 Å². The van der Waals surface area contributed by atoms with Crippen LogP contribution in [-0.4, -0.2) is 0 Å². The highest BCUT2D eigenvalue weighted by Crippen LogP contribution is 2.60. The first-order valence-electron chi connectivity index (χ1n) is 9.73. The van der Waals surface area contributed by atoms with Crippen LogP contribution in [-0.2, 0) is 5.41 Å². The van der Waals surface area contributed by atoms with E-state index in [-0.39, 0.29) is 0 Å². The molecule has 140 valence electrons. The van der Waals surface area contributed by atoms with E-state index in [0.717, 1.165) is 27.3 Å². The minimum Gasteiger partial charge on any atom is -0.457 e. The van der Waals surface area contributed by atoms with Crippen molar-refractivity contribution in [1.29, 1.82) is 0 Å². The molecule has 0 radical (unpaired) electrons. The summed E-state index contributed by atoms with van der Waals surface area (Å²) in [4.78, 5) is 0. The molecule has 0 aliphatic carbocycles. The van der Waals surface area contributed by atoms with Gasteiger partial charge in [0.05, 0.1) is 5.41 Å². The highest BCUT2D eigenvalue weighted by molar-refractivity contribution is 9.10. The Labute approximate surface area is 178 Å². The normalized spacial score (nSPS) is 14.7. The number of hydrogen-bond donors (Lipinski definition) is 1. The van der Waals surface area contributed by atoms with E-state index in [1.165, 1.54) is 27.8 Å². The molecule has 0 amide bonds. The van der Waals surface area contributed by atoms with Gasteiger partial charge in [-0.1, -0.05) is 70.0 Å². The van der Waals surface area contributed by atoms with Crippen molar-refractivity contribution in [3.8, 4) is 11.5 Å². The summed E-state index contributed by atoms with van der Waals surface area (Å²) in [5.41, 5.74) is 7.88. The van der Waals surface area contributed by atoms with Gasteiger partial charge in [-0.3, -0.25) is 0 Å². The summed E-state index contributed by atoms with van der Waals surface area (Å²) in [6, 6.07) is 30.0. The fourth-order valence-electron chi connectivity index (χ4n) is 4.88. The molecular weight excluding hydrogens is 422 g/mol. The molecule has 0 bridgehead atoms. The molecule has 0 aromatic heterocycles. The first-order valence-corrected chi connectivity index (χ1v) is 10.5. The molecule has 1 N–H and O–H groups in total. The number of benzene rings is 4. The fraction of sp³-hybridized carbons (Fsp3) is 0.0769. The lowest BCUT2D eigenvalue weighted by atomic mass is 9.61. The van der Waals surface area contributed by atoms with Gasteiger partial charge in [-0.2, -0.15) is 0 Å². The van der Waals surface area contributed by atoms with Crippen LogP contribution in [0.15, 0.2) is 89.4 Å². The number of para-hydroxylation sites is 2. The Morgan fingerprint density at radius 3 is 1.97 bits per heavy atom. The molecule has 0 unspecified atom stereocenters. The molecule has 1 spiro atoms. The molecule has 0 atom stereocenters. The van der Waals surface area contributed by atoms with Gasteiger partial charge in [0.2, 0.25) is 0 Å². The lowest BCUT2D eigenvalue weighted by Crippen LogP contribution is -2.37. The van der Waals surface area contributed by atoms with Crippen LogP contribution in [0.1, 0.15) is 27.8 Å². The Balaban J connectivity index is 1.86. The third-order valence-electron chi connectivity index (χ3n) is 6.04. The zero-order valence-electron chi connectivity index (χ0n) is 15.9. The summed E-state index contributed by atoms with van der Waals surface area (Å²) in [5.74, 6) is 1.82. The van der Waals surface area contributed by atoms with E-state index in [2.05, 4.69) is 101 Å². The largest absolute Gasteiger partial charge is 0.457 e. The summed E-state index contributed by atoms with van der Waals surface area (Å²) in [5, 5.41) is 3.67. The highest BCUT2D eigenvalue weighted by atomic mass is 79.9. The molecule has 29 heavy (non-hydrogen) atoms. The van der Waals surface area contributed by atoms with Gasteiger partial charge >= 0.3 is 0 Å². The molecule has 6 rings (SSSR count). The summed E-state index contributed by atoms with van der Waals surface area (Å²) in [6.45, 7) is 2.15. The molecule has 4 aromatic rings. The Hall–Kier alpha value is -3.04. The van der Waals surface area contributed by atoms with Crippen LogP contribution < -0.4 is 10.1 Å². The van der Waals surface area contributed by atoms with E-state index < -0.39 is 5.41 Å². The first-order chi connectivity index (χ1) is 14.2. The van der Waals surface area contributed by atoms with Crippen LogP contribution in [0.4, 0.5) is 11.4 Å². The van der Waals surface area contributed by atoms with Crippen LogP contribution >= 0.6 is 15.9 Å². The quantitative estimate of drug-likeness (QED) is 0.268. The maximum absolute atomic E-state index is 6.36. The second-order valence-electron chi connectivity index (χ2n) is 7.71. The Kier molecular flexibility index (Phi) is 3.48. The van der Waals surface area contributed by atoms with Gasteiger partial charge in [0.25, 0.3) is 0 Å². The second-order valence-corrected chi connectivity index (χ2v) is 8.62. The number of aryl methyl sites for hydroxylation is 1. The van der Waals surface area contributed by atoms with E-state index in [9.17, 15) is 0 Å². The van der Waals surface area contributed by atoms with Crippen molar-refractivity contribution >= 4 is 27.3 Å². The summed E-state index contributed by atoms with van der Waals surface area (Å²) in [7, 11) is 0. The molecule has 4 aromatic carbocycles. The topological polar surface area (TPSA) is 21.3 Å². The molecule has 3 heteroatoms. The van der Waals surface area contributed by atoms with Crippen molar-refractivity contribution in [2.45, 2.75) is 12.3 Å². The zero-order valence-corrected chi connectivity index (χ0v) is 17.5. The number of rotatable bonds is 0. The third kappa shape index (κ3) is 2.22. The monoisotopic (exact) mass is 439 g/mol. The zero-order chi connectivity index (χ0) is 19.6. The van der Waals surface area contributed by atoms with E-state index >= 15 is 0 Å². The predicted molar refractivity (Wildman–Crippen MR) is 121 cm³/mol. The lowest BCUT2D eigenvalue weighted by Gasteiger charge is -2.45. The average molecular weight is 440 g/mol. The maximum atomic E-state index is 6.36. The van der Waals surface area contributed by atoms with Gasteiger partial charge in [-0.05, 0) is 54.4 Å². The van der Waals surface area contributed by atoms with Crippen LogP contribution in [0.3, 0.4) is 0 Å². The molecule has 2 aliphatic rings. The standard InChI is InChI=1S/C26H18BrNO/c1-16-10-12-22-20(14-16)26(21-15-17(27)11-13-23(21)28-22)18-6-2-4-8-24(18)29-25-9-5-3-7-19(25)26/h2-15,28H,1H3. The van der Waals surface area contributed by atoms with Crippen LogP contribution in [0.25, 0.3) is 0 Å². The number of nitrogens with one attached hydrogen (secondary N) is 1. The fourth-order valence-corrected chi connectivity index (χ4v) is 5.24. The maximum Gasteiger partial charge on any atom is 0.132 e. The van der Waals surface area contributed by atoms with Crippen molar-refractivity contribution in [2.75, 3.05) is 5.32 Å². The highest BCUT2D eigenvalue weighted by Gasteiger charge is 2.49. The van der Waals surface area contributed by atoms with Crippen molar-refractivity contribution in [3.05, 3.63) is 117 Å². The molecule has 0 saturated carbocycles. The van der Waals surface area contributed by atoms with Crippen molar-refractivity contribution < 1.29 is 4.74 Å². The molecule has 2 nitrogen and oxygen atoms in total. The molecule has 0 saturated heterocycles. The van der Waals surface area contributed by atoms with Crippen LogP contribution in [0, 0.1) is 6.92 Å². The summed E-state index contributed by atoms with van der Waals surface area (Å²) in [6.07, 6.45) is 0. The van der Waals surface area contributed by atoms with Crippen molar-refractivity contribution in [3.63, 3.8) is 0 Å². The van der Waals surface area contributed by atoms with Gasteiger partial charge in [0.1, 0.15) is 11.5 Å². The lowest BCUT2D eigenvalue weighted by molar-refractivity contribution is 0.434. The minimum atomic E-state index is -0.447. The predicted octanol–water partition coefficient (Wildman–Crippen LogP) is 7.30. The number of hydrogen-bond acceptors (Lipinski definition) is 2. The average Bonchev–Trinajstić information content (AvgIpc) is 2.74. The van der Waals surface area contributed by atoms with Crippen LogP contribution in [0.2, 0.25) is 0 Å². The van der Waals surface area contributed by atoms with Gasteiger partial charge in [0, 0.05) is 27.0 Å². The number of ether oxygens (including phenoxy) is 1. The van der Waals surface area contributed by atoms with Gasteiger partial charge in [0.15, 0.2) is 0 Å². The Morgan fingerprint density at radius 1 is 0.690 bits per heavy atom.